The predicted octanol–water partition coefficient (Wildman–Crippen LogP) is 1.54. The molecule has 0 saturated heterocycles. The number of carbonyl (C=O) groups excluding carboxylic acids is 1. The minimum Gasteiger partial charge on any atom is -0.384 e. The highest BCUT2D eigenvalue weighted by Crippen LogP contribution is 2.04. The minimum atomic E-state index is -0.0962. The van der Waals surface area contributed by atoms with Crippen LogP contribution in [0.25, 0.3) is 0 Å². The summed E-state index contributed by atoms with van der Waals surface area (Å²) in [6.45, 7) is 2.00. The van der Waals surface area contributed by atoms with E-state index in [0.717, 1.165) is 12.2 Å². The van der Waals surface area contributed by atoms with Crippen molar-refractivity contribution in [2.75, 3.05) is 17.7 Å². The molecule has 0 radical (unpaired) electrons. The minimum absolute atomic E-state index is 0.0962. The van der Waals surface area contributed by atoms with Gasteiger partial charge in [-0.1, -0.05) is 0 Å². The maximum Gasteiger partial charge on any atom is 0.253 e. The molecule has 1 heterocycles. The molecule has 1 aromatic rings. The number of thioether (sulfide) groups is 1. The summed E-state index contributed by atoms with van der Waals surface area (Å²) in [5.41, 5.74) is 5.99. The lowest BCUT2D eigenvalue weighted by molar-refractivity contribution is 0.0939. The molecule has 16 heavy (non-hydrogen) atoms. The van der Waals surface area contributed by atoms with E-state index < -0.39 is 0 Å². The zero-order chi connectivity index (χ0) is 12.0. The van der Waals surface area contributed by atoms with Crippen LogP contribution in [0.5, 0.6) is 0 Å². The second kappa shape index (κ2) is 6.37. The van der Waals surface area contributed by atoms with Gasteiger partial charge in [0.15, 0.2) is 0 Å². The molecule has 0 aliphatic rings. The average Bonchev–Trinajstić information content (AvgIpc) is 2.27. The molecule has 0 aliphatic heterocycles. The van der Waals surface area contributed by atoms with Crippen molar-refractivity contribution in [2.24, 2.45) is 0 Å². The van der Waals surface area contributed by atoms with Gasteiger partial charge in [0, 0.05) is 12.2 Å². The first-order valence-corrected chi connectivity index (χ1v) is 6.54. The van der Waals surface area contributed by atoms with Gasteiger partial charge in [0.2, 0.25) is 0 Å². The van der Waals surface area contributed by atoms with Crippen molar-refractivity contribution in [1.29, 1.82) is 0 Å². The van der Waals surface area contributed by atoms with Crippen LogP contribution in [0.3, 0.4) is 0 Å². The van der Waals surface area contributed by atoms with Gasteiger partial charge in [-0.15, -0.1) is 0 Å². The SMILES string of the molecule is CSCCC(C)NC(=O)c1ccc(N)nc1. The van der Waals surface area contributed by atoms with Crippen LogP contribution in [0, 0.1) is 0 Å². The van der Waals surface area contributed by atoms with Gasteiger partial charge >= 0.3 is 0 Å². The molecule has 88 valence electrons. The third-order valence-electron chi connectivity index (χ3n) is 2.18. The molecule has 5 heteroatoms. The molecule has 1 atom stereocenters. The number of hydrogen-bond acceptors (Lipinski definition) is 4. The zero-order valence-corrected chi connectivity index (χ0v) is 10.4. The lowest BCUT2D eigenvalue weighted by Crippen LogP contribution is -2.33. The quantitative estimate of drug-likeness (QED) is 0.817. The molecule has 4 nitrogen and oxygen atoms in total. The van der Waals surface area contributed by atoms with Crippen LogP contribution in [-0.4, -0.2) is 28.9 Å². The van der Waals surface area contributed by atoms with Crippen LogP contribution in [0.15, 0.2) is 18.3 Å². The molecular weight excluding hydrogens is 222 g/mol. The number of carbonyl (C=O) groups is 1. The van der Waals surface area contributed by atoms with Gasteiger partial charge in [-0.05, 0) is 37.5 Å². The summed E-state index contributed by atoms with van der Waals surface area (Å²) in [5.74, 6) is 1.37. The normalized spacial score (nSPS) is 12.1. The standard InChI is InChI=1S/C11H17N3OS/c1-8(5-6-16-2)14-11(15)9-3-4-10(12)13-7-9/h3-4,7-8H,5-6H2,1-2H3,(H2,12,13)(H,14,15). The van der Waals surface area contributed by atoms with Crippen molar-refractivity contribution in [3.63, 3.8) is 0 Å². The highest BCUT2D eigenvalue weighted by molar-refractivity contribution is 7.98. The second-order valence-electron chi connectivity index (χ2n) is 3.63. The van der Waals surface area contributed by atoms with Crippen molar-refractivity contribution < 1.29 is 4.79 Å². The smallest absolute Gasteiger partial charge is 0.253 e. The first kappa shape index (κ1) is 12.8. The van der Waals surface area contributed by atoms with Crippen molar-refractivity contribution >= 4 is 23.5 Å². The average molecular weight is 239 g/mol. The third-order valence-corrected chi connectivity index (χ3v) is 2.82. The van der Waals surface area contributed by atoms with Gasteiger partial charge in [-0.25, -0.2) is 4.98 Å². The van der Waals surface area contributed by atoms with E-state index in [1.165, 1.54) is 6.20 Å². The molecule has 0 saturated carbocycles. The maximum absolute atomic E-state index is 11.7. The molecule has 0 aliphatic carbocycles. The van der Waals surface area contributed by atoms with Crippen LogP contribution in [0.4, 0.5) is 5.82 Å². The number of nitrogens with two attached hydrogens (primary N) is 1. The Labute approximate surface area is 100 Å². The van der Waals surface area contributed by atoms with Crippen LogP contribution in [-0.2, 0) is 0 Å². The summed E-state index contributed by atoms with van der Waals surface area (Å²) in [6, 6.07) is 3.48. The van der Waals surface area contributed by atoms with Gasteiger partial charge in [-0.2, -0.15) is 11.8 Å². The summed E-state index contributed by atoms with van der Waals surface area (Å²) in [4.78, 5) is 15.6. The van der Waals surface area contributed by atoms with Gasteiger partial charge in [-0.3, -0.25) is 4.79 Å². The van der Waals surface area contributed by atoms with E-state index in [1.54, 1.807) is 23.9 Å². The van der Waals surface area contributed by atoms with Crippen LogP contribution in [0.1, 0.15) is 23.7 Å². The van der Waals surface area contributed by atoms with Crippen molar-refractivity contribution in [2.45, 2.75) is 19.4 Å². The molecule has 0 spiro atoms. The second-order valence-corrected chi connectivity index (χ2v) is 4.61. The Balaban J connectivity index is 2.48. The Hall–Kier alpha value is -1.23. The fourth-order valence-electron chi connectivity index (χ4n) is 1.21. The van der Waals surface area contributed by atoms with Crippen LogP contribution < -0.4 is 11.1 Å². The number of anilines is 1. The Kier molecular flexibility index (Phi) is 5.11. The van der Waals surface area contributed by atoms with E-state index in [9.17, 15) is 4.79 Å². The first-order valence-electron chi connectivity index (χ1n) is 5.15. The number of pyridine rings is 1. The van der Waals surface area contributed by atoms with E-state index in [-0.39, 0.29) is 11.9 Å². The molecule has 0 aromatic carbocycles. The van der Waals surface area contributed by atoms with E-state index in [4.69, 9.17) is 5.73 Å². The molecule has 1 aromatic heterocycles. The lowest BCUT2D eigenvalue weighted by Gasteiger charge is -2.12. The molecule has 1 unspecified atom stereocenters. The molecular formula is C11H17N3OS. The van der Waals surface area contributed by atoms with Crippen molar-refractivity contribution in [3.05, 3.63) is 23.9 Å². The monoisotopic (exact) mass is 239 g/mol. The van der Waals surface area contributed by atoms with Crippen molar-refractivity contribution in [3.8, 4) is 0 Å². The molecule has 3 N–H and O–H groups in total. The Bertz CT molecular complexity index is 340. The van der Waals surface area contributed by atoms with E-state index in [2.05, 4.69) is 16.6 Å². The number of aromatic nitrogens is 1. The Morgan fingerprint density at radius 1 is 1.62 bits per heavy atom. The van der Waals surface area contributed by atoms with Crippen molar-refractivity contribution in [1.82, 2.24) is 10.3 Å². The van der Waals surface area contributed by atoms with Gasteiger partial charge in [0.05, 0.1) is 5.56 Å². The number of hydrogen-bond donors (Lipinski definition) is 2. The molecule has 1 amide bonds. The molecule has 0 bridgehead atoms. The van der Waals surface area contributed by atoms with Gasteiger partial charge in [0.1, 0.15) is 5.82 Å². The maximum atomic E-state index is 11.7. The zero-order valence-electron chi connectivity index (χ0n) is 9.56. The highest BCUT2D eigenvalue weighted by Gasteiger charge is 2.09. The fourth-order valence-corrected chi connectivity index (χ4v) is 1.80. The predicted molar refractivity (Wildman–Crippen MR) is 68.6 cm³/mol. The first-order chi connectivity index (χ1) is 7.63. The van der Waals surface area contributed by atoms with E-state index in [0.29, 0.717) is 11.4 Å². The van der Waals surface area contributed by atoms with Crippen LogP contribution in [0.2, 0.25) is 0 Å². The number of rotatable bonds is 5. The summed E-state index contributed by atoms with van der Waals surface area (Å²) in [6.07, 6.45) is 4.51. The number of nitrogens with one attached hydrogen (secondary N) is 1. The topological polar surface area (TPSA) is 68.0 Å². The largest absolute Gasteiger partial charge is 0.384 e. The summed E-state index contributed by atoms with van der Waals surface area (Å²) >= 11 is 1.77. The van der Waals surface area contributed by atoms with Gasteiger partial charge < -0.3 is 11.1 Å². The lowest BCUT2D eigenvalue weighted by atomic mass is 10.2. The Morgan fingerprint density at radius 2 is 2.38 bits per heavy atom. The summed E-state index contributed by atoms with van der Waals surface area (Å²) in [5, 5.41) is 2.92. The molecule has 0 fully saturated rings. The van der Waals surface area contributed by atoms with E-state index in [1.807, 2.05) is 6.92 Å². The molecule has 1 rings (SSSR count). The number of amides is 1. The van der Waals surface area contributed by atoms with E-state index >= 15 is 0 Å². The summed E-state index contributed by atoms with van der Waals surface area (Å²) in [7, 11) is 0. The Morgan fingerprint density at radius 3 is 2.94 bits per heavy atom. The van der Waals surface area contributed by atoms with Gasteiger partial charge in [0.25, 0.3) is 5.91 Å². The fraction of sp³-hybridized carbons (Fsp3) is 0.455. The van der Waals surface area contributed by atoms with Crippen LogP contribution >= 0.6 is 11.8 Å². The third kappa shape index (κ3) is 4.10. The highest BCUT2D eigenvalue weighted by atomic mass is 32.2. The summed E-state index contributed by atoms with van der Waals surface area (Å²) < 4.78 is 0. The number of nitrogen functional groups attached to an aromatic ring is 1. The number of nitrogens with zero attached hydrogens (tertiary/aromatic N) is 1.